The molecule has 0 aliphatic heterocycles. The van der Waals surface area contributed by atoms with Gasteiger partial charge >= 0.3 is 0 Å². The predicted molar refractivity (Wildman–Crippen MR) is 188 cm³/mol. The second-order valence-corrected chi connectivity index (χ2v) is 11.7. The SMILES string of the molecule is c1ccc(-n2c3ccccc3c3c(-c4ccc5oc6cccc(-n7c8ccccc8c8ccccc87)c6c5c4)cccc32)cc1. The van der Waals surface area contributed by atoms with Crippen molar-refractivity contribution in [1.29, 1.82) is 0 Å². The van der Waals surface area contributed by atoms with Crippen molar-refractivity contribution in [3.8, 4) is 22.5 Å². The monoisotopic (exact) mass is 574 g/mol. The van der Waals surface area contributed by atoms with Crippen molar-refractivity contribution in [3.05, 3.63) is 158 Å². The fourth-order valence-corrected chi connectivity index (χ4v) is 7.46. The summed E-state index contributed by atoms with van der Waals surface area (Å²) in [6, 6.07) is 56.4. The highest BCUT2D eigenvalue weighted by Crippen LogP contribution is 2.42. The van der Waals surface area contributed by atoms with E-state index in [0.29, 0.717) is 0 Å². The standard InChI is InChI=1S/C42H26N2O/c1-2-12-28(13-3-1)43-36-20-9-6-16-32(36)41-29(17-10-21-37(41)43)27-24-25-39-33(26-27)42-38(22-11-23-40(42)45-39)44-34-18-7-4-14-30(34)31-15-5-8-19-35(31)44/h1-26H. The Morgan fingerprint density at radius 1 is 0.378 bits per heavy atom. The molecule has 3 heteroatoms. The second kappa shape index (κ2) is 9.22. The summed E-state index contributed by atoms with van der Waals surface area (Å²) in [6.45, 7) is 0. The summed E-state index contributed by atoms with van der Waals surface area (Å²) >= 11 is 0. The van der Waals surface area contributed by atoms with E-state index in [2.05, 4.69) is 167 Å². The molecule has 0 saturated heterocycles. The van der Waals surface area contributed by atoms with Crippen LogP contribution in [0.15, 0.2) is 162 Å². The third kappa shape index (κ3) is 3.41. The van der Waals surface area contributed by atoms with E-state index in [1.165, 1.54) is 54.7 Å². The third-order valence-electron chi connectivity index (χ3n) is 9.32. The summed E-state index contributed by atoms with van der Waals surface area (Å²) in [5.41, 5.74) is 11.2. The summed E-state index contributed by atoms with van der Waals surface area (Å²) < 4.78 is 11.3. The second-order valence-electron chi connectivity index (χ2n) is 11.7. The smallest absolute Gasteiger partial charge is 0.137 e. The molecule has 0 N–H and O–H groups in total. The van der Waals surface area contributed by atoms with Gasteiger partial charge in [0.05, 0.1) is 33.1 Å². The fourth-order valence-electron chi connectivity index (χ4n) is 7.46. The van der Waals surface area contributed by atoms with Crippen molar-refractivity contribution < 1.29 is 4.42 Å². The van der Waals surface area contributed by atoms with E-state index in [9.17, 15) is 0 Å². The molecule has 0 bridgehead atoms. The molecule has 0 aliphatic rings. The summed E-state index contributed by atoms with van der Waals surface area (Å²) in [6.07, 6.45) is 0. The number of hydrogen-bond acceptors (Lipinski definition) is 1. The zero-order valence-electron chi connectivity index (χ0n) is 24.3. The molecule has 0 amide bonds. The van der Waals surface area contributed by atoms with Gasteiger partial charge in [-0.05, 0) is 71.8 Å². The fraction of sp³-hybridized carbons (Fsp3) is 0. The zero-order valence-corrected chi connectivity index (χ0v) is 24.3. The number of para-hydroxylation sites is 4. The van der Waals surface area contributed by atoms with Crippen molar-refractivity contribution in [2.24, 2.45) is 0 Å². The van der Waals surface area contributed by atoms with Crippen molar-refractivity contribution in [2.75, 3.05) is 0 Å². The molecule has 45 heavy (non-hydrogen) atoms. The van der Waals surface area contributed by atoms with Crippen LogP contribution in [0.5, 0.6) is 0 Å². The van der Waals surface area contributed by atoms with Crippen molar-refractivity contribution in [1.82, 2.24) is 9.13 Å². The largest absolute Gasteiger partial charge is 0.456 e. The number of furan rings is 1. The van der Waals surface area contributed by atoms with E-state index < -0.39 is 0 Å². The molecule has 3 heterocycles. The normalized spacial score (nSPS) is 12.0. The Hall–Kier alpha value is -6.06. The summed E-state index contributed by atoms with van der Waals surface area (Å²) in [4.78, 5) is 0. The van der Waals surface area contributed by atoms with Crippen LogP contribution in [0.1, 0.15) is 0 Å². The topological polar surface area (TPSA) is 23.0 Å². The molecule has 0 spiro atoms. The van der Waals surface area contributed by atoms with Gasteiger partial charge in [-0.25, -0.2) is 0 Å². The quantitative estimate of drug-likeness (QED) is 0.206. The van der Waals surface area contributed by atoms with E-state index in [0.717, 1.165) is 33.3 Å². The summed E-state index contributed by atoms with van der Waals surface area (Å²) in [5.74, 6) is 0. The van der Waals surface area contributed by atoms with Gasteiger partial charge in [-0.3, -0.25) is 0 Å². The van der Waals surface area contributed by atoms with Gasteiger partial charge in [-0.1, -0.05) is 97.1 Å². The van der Waals surface area contributed by atoms with Gasteiger partial charge in [0.25, 0.3) is 0 Å². The molecule has 210 valence electrons. The number of fused-ring (bicyclic) bond motifs is 9. The molecular weight excluding hydrogens is 548 g/mol. The van der Waals surface area contributed by atoms with E-state index in [4.69, 9.17) is 4.42 Å². The maximum absolute atomic E-state index is 6.51. The lowest BCUT2D eigenvalue weighted by atomic mass is 9.97. The average Bonchev–Trinajstić information content (AvgIpc) is 3.76. The first-order valence-electron chi connectivity index (χ1n) is 15.4. The maximum Gasteiger partial charge on any atom is 0.137 e. The van der Waals surface area contributed by atoms with Crippen molar-refractivity contribution >= 4 is 65.6 Å². The Morgan fingerprint density at radius 3 is 1.76 bits per heavy atom. The zero-order chi connectivity index (χ0) is 29.5. The molecule has 10 rings (SSSR count). The summed E-state index contributed by atoms with van der Waals surface area (Å²) in [7, 11) is 0. The third-order valence-corrected chi connectivity index (χ3v) is 9.32. The molecule has 7 aromatic carbocycles. The van der Waals surface area contributed by atoms with Crippen LogP contribution >= 0.6 is 0 Å². The first-order valence-corrected chi connectivity index (χ1v) is 15.4. The maximum atomic E-state index is 6.51. The van der Waals surface area contributed by atoms with E-state index in [-0.39, 0.29) is 0 Å². The van der Waals surface area contributed by atoms with Gasteiger partial charge in [0.1, 0.15) is 11.2 Å². The van der Waals surface area contributed by atoms with Crippen LogP contribution in [-0.2, 0) is 0 Å². The number of aromatic nitrogens is 2. The molecule has 3 aromatic heterocycles. The minimum Gasteiger partial charge on any atom is -0.456 e. The summed E-state index contributed by atoms with van der Waals surface area (Å²) in [5, 5.41) is 7.24. The van der Waals surface area contributed by atoms with E-state index in [1.807, 2.05) is 0 Å². The van der Waals surface area contributed by atoms with E-state index >= 15 is 0 Å². The first-order chi connectivity index (χ1) is 22.3. The van der Waals surface area contributed by atoms with Crippen molar-refractivity contribution in [2.45, 2.75) is 0 Å². The number of benzene rings is 7. The van der Waals surface area contributed by atoms with Crippen LogP contribution in [0.3, 0.4) is 0 Å². The molecule has 0 fully saturated rings. The lowest BCUT2D eigenvalue weighted by Gasteiger charge is -2.10. The lowest BCUT2D eigenvalue weighted by molar-refractivity contribution is 0.669. The van der Waals surface area contributed by atoms with Gasteiger partial charge in [0, 0.05) is 32.6 Å². The highest BCUT2D eigenvalue weighted by atomic mass is 16.3. The van der Waals surface area contributed by atoms with Crippen LogP contribution in [0, 0.1) is 0 Å². The first kappa shape index (κ1) is 24.4. The van der Waals surface area contributed by atoms with Crippen LogP contribution in [0.4, 0.5) is 0 Å². The van der Waals surface area contributed by atoms with Gasteiger partial charge < -0.3 is 13.6 Å². The molecule has 3 nitrogen and oxygen atoms in total. The Morgan fingerprint density at radius 2 is 1.00 bits per heavy atom. The van der Waals surface area contributed by atoms with Crippen LogP contribution in [0.2, 0.25) is 0 Å². The minimum absolute atomic E-state index is 0.889. The molecule has 0 saturated carbocycles. The van der Waals surface area contributed by atoms with Gasteiger partial charge in [-0.15, -0.1) is 0 Å². The minimum atomic E-state index is 0.889. The molecule has 0 aliphatic carbocycles. The Kier molecular flexibility index (Phi) is 5.00. The van der Waals surface area contributed by atoms with Crippen LogP contribution < -0.4 is 0 Å². The Labute approximate surface area is 258 Å². The van der Waals surface area contributed by atoms with Gasteiger partial charge in [-0.2, -0.15) is 0 Å². The molecular formula is C42H26N2O. The Balaban J connectivity index is 1.27. The molecule has 0 unspecified atom stereocenters. The predicted octanol–water partition coefficient (Wildman–Crippen LogP) is 11.4. The van der Waals surface area contributed by atoms with Gasteiger partial charge in [0.15, 0.2) is 0 Å². The highest BCUT2D eigenvalue weighted by molar-refractivity contribution is 6.18. The molecule has 10 aromatic rings. The van der Waals surface area contributed by atoms with E-state index in [1.54, 1.807) is 0 Å². The van der Waals surface area contributed by atoms with Gasteiger partial charge in [0.2, 0.25) is 0 Å². The Bertz CT molecular complexity index is 2710. The molecule has 0 atom stereocenters. The highest BCUT2D eigenvalue weighted by Gasteiger charge is 2.20. The number of nitrogens with zero attached hydrogens (tertiary/aromatic N) is 2. The number of hydrogen-bond donors (Lipinski definition) is 0. The number of rotatable bonds is 3. The van der Waals surface area contributed by atoms with Crippen molar-refractivity contribution in [3.63, 3.8) is 0 Å². The van der Waals surface area contributed by atoms with Crippen LogP contribution in [-0.4, -0.2) is 9.13 Å². The molecule has 0 radical (unpaired) electrons. The average molecular weight is 575 g/mol. The lowest BCUT2D eigenvalue weighted by Crippen LogP contribution is -1.94. The van der Waals surface area contributed by atoms with Crippen LogP contribution in [0.25, 0.3) is 88.1 Å².